The number of hydrazine groups is 1. The highest BCUT2D eigenvalue weighted by molar-refractivity contribution is 5.94. The first kappa shape index (κ1) is 16.5. The van der Waals surface area contributed by atoms with Gasteiger partial charge in [0.05, 0.1) is 0 Å². The van der Waals surface area contributed by atoms with Gasteiger partial charge in [0.15, 0.2) is 0 Å². The average molecular weight is 277 g/mol. The van der Waals surface area contributed by atoms with Crippen LogP contribution in [-0.4, -0.2) is 12.5 Å². The van der Waals surface area contributed by atoms with E-state index in [2.05, 4.69) is 24.6 Å². The van der Waals surface area contributed by atoms with Crippen molar-refractivity contribution in [3.8, 4) is 0 Å². The zero-order valence-electron chi connectivity index (χ0n) is 12.6. The molecule has 1 aromatic carbocycles. The van der Waals surface area contributed by atoms with E-state index in [0.29, 0.717) is 5.56 Å². The van der Waals surface area contributed by atoms with E-state index in [0.717, 1.165) is 24.6 Å². The first-order valence-electron chi connectivity index (χ1n) is 7.48. The smallest absolute Gasteiger partial charge is 0.251 e. The monoisotopic (exact) mass is 277 g/mol. The highest BCUT2D eigenvalue weighted by Crippen LogP contribution is 2.10. The maximum Gasteiger partial charge on any atom is 0.251 e. The number of carbonyl (C=O) groups is 1. The number of benzene rings is 1. The number of nitrogens with two attached hydrogens (primary N) is 1. The maximum absolute atomic E-state index is 11.9. The van der Waals surface area contributed by atoms with Crippen molar-refractivity contribution in [3.05, 3.63) is 29.8 Å². The minimum absolute atomic E-state index is 0.0178. The van der Waals surface area contributed by atoms with E-state index < -0.39 is 0 Å². The van der Waals surface area contributed by atoms with E-state index in [1.165, 1.54) is 25.7 Å². The lowest BCUT2D eigenvalue weighted by molar-refractivity contribution is 0.0953. The Balaban J connectivity index is 2.13. The van der Waals surface area contributed by atoms with Crippen molar-refractivity contribution in [2.45, 2.75) is 46.0 Å². The van der Waals surface area contributed by atoms with Crippen LogP contribution in [0, 0.1) is 5.92 Å². The Morgan fingerprint density at radius 1 is 1.10 bits per heavy atom. The number of hydrogen-bond acceptors (Lipinski definition) is 3. The van der Waals surface area contributed by atoms with Crippen LogP contribution in [0.3, 0.4) is 0 Å². The third-order valence-corrected chi connectivity index (χ3v) is 3.31. The summed E-state index contributed by atoms with van der Waals surface area (Å²) in [7, 11) is 0. The Morgan fingerprint density at radius 3 is 2.35 bits per heavy atom. The van der Waals surface area contributed by atoms with Crippen molar-refractivity contribution < 1.29 is 4.79 Å². The molecule has 1 rings (SSSR count). The predicted molar refractivity (Wildman–Crippen MR) is 84.5 cm³/mol. The van der Waals surface area contributed by atoms with Gasteiger partial charge in [0.2, 0.25) is 0 Å². The molecule has 1 aromatic rings. The van der Waals surface area contributed by atoms with Crippen LogP contribution in [0.25, 0.3) is 0 Å². The number of unbranched alkanes of at least 4 members (excludes halogenated alkanes) is 3. The molecule has 0 aliphatic rings. The summed E-state index contributed by atoms with van der Waals surface area (Å²) >= 11 is 0. The quantitative estimate of drug-likeness (QED) is 0.368. The highest BCUT2D eigenvalue weighted by atomic mass is 16.1. The topological polar surface area (TPSA) is 67.2 Å². The van der Waals surface area contributed by atoms with Gasteiger partial charge in [0.25, 0.3) is 5.91 Å². The zero-order chi connectivity index (χ0) is 14.8. The minimum Gasteiger partial charge on any atom is -0.352 e. The molecule has 0 radical (unpaired) electrons. The van der Waals surface area contributed by atoms with Gasteiger partial charge in [-0.15, -0.1) is 0 Å². The molecule has 4 nitrogen and oxygen atoms in total. The zero-order valence-corrected chi connectivity index (χ0v) is 12.6. The summed E-state index contributed by atoms with van der Waals surface area (Å²) in [6.07, 6.45) is 6.08. The molecule has 0 spiro atoms. The first-order valence-corrected chi connectivity index (χ1v) is 7.48. The number of amides is 1. The Bertz CT molecular complexity index is 387. The third-order valence-electron chi connectivity index (χ3n) is 3.31. The van der Waals surface area contributed by atoms with E-state index in [1.807, 2.05) is 0 Å². The fraction of sp³-hybridized carbons (Fsp3) is 0.562. The molecule has 0 aliphatic carbocycles. The first-order chi connectivity index (χ1) is 9.63. The number of nitrogen functional groups attached to an aromatic ring is 1. The van der Waals surface area contributed by atoms with Crippen LogP contribution in [0.15, 0.2) is 24.3 Å². The largest absolute Gasteiger partial charge is 0.352 e. The summed E-state index contributed by atoms with van der Waals surface area (Å²) in [5, 5.41) is 2.95. The lowest BCUT2D eigenvalue weighted by atomic mass is 10.0. The number of nitrogens with one attached hydrogen (secondary N) is 2. The molecule has 0 bridgehead atoms. The van der Waals surface area contributed by atoms with E-state index in [-0.39, 0.29) is 5.91 Å². The molecule has 0 fully saturated rings. The molecule has 0 aromatic heterocycles. The number of hydrogen-bond donors (Lipinski definition) is 3. The van der Waals surface area contributed by atoms with E-state index in [1.54, 1.807) is 24.3 Å². The number of rotatable bonds is 9. The predicted octanol–water partition coefficient (Wildman–Crippen LogP) is 3.31. The van der Waals surface area contributed by atoms with Crippen LogP contribution >= 0.6 is 0 Å². The fourth-order valence-electron chi connectivity index (χ4n) is 2.05. The second-order valence-corrected chi connectivity index (χ2v) is 5.57. The van der Waals surface area contributed by atoms with Gasteiger partial charge in [-0.1, -0.05) is 39.5 Å². The summed E-state index contributed by atoms with van der Waals surface area (Å²) < 4.78 is 0. The molecule has 0 heterocycles. The molecule has 1 amide bonds. The van der Waals surface area contributed by atoms with E-state index in [9.17, 15) is 4.79 Å². The molecular weight excluding hydrogens is 250 g/mol. The minimum atomic E-state index is -0.0178. The van der Waals surface area contributed by atoms with Crippen LogP contribution in [0.1, 0.15) is 56.3 Å². The van der Waals surface area contributed by atoms with Crippen LogP contribution in [0.4, 0.5) is 5.69 Å². The second-order valence-electron chi connectivity index (χ2n) is 5.57. The standard InChI is InChI=1S/C16H27N3O/c1-13(2)7-5-3-4-6-12-18-16(20)14-8-10-15(19-17)11-9-14/h8-11,13,19H,3-7,12,17H2,1-2H3,(H,18,20). The van der Waals surface area contributed by atoms with Crippen molar-refractivity contribution >= 4 is 11.6 Å². The molecule has 4 N–H and O–H groups in total. The molecule has 112 valence electrons. The number of carbonyl (C=O) groups excluding carboxylic acids is 1. The van der Waals surface area contributed by atoms with Crippen molar-refractivity contribution in [3.63, 3.8) is 0 Å². The van der Waals surface area contributed by atoms with Crippen LogP contribution in [0.2, 0.25) is 0 Å². The summed E-state index contributed by atoms with van der Waals surface area (Å²) in [6, 6.07) is 7.13. The molecule has 4 heteroatoms. The molecule has 20 heavy (non-hydrogen) atoms. The molecule has 0 atom stereocenters. The summed E-state index contributed by atoms with van der Waals surface area (Å²) in [5.41, 5.74) is 4.01. The van der Waals surface area contributed by atoms with Crippen molar-refractivity contribution in [1.29, 1.82) is 0 Å². The normalized spacial score (nSPS) is 10.6. The van der Waals surface area contributed by atoms with E-state index >= 15 is 0 Å². The molecular formula is C16H27N3O. The number of anilines is 1. The van der Waals surface area contributed by atoms with Crippen molar-refractivity contribution in [1.82, 2.24) is 5.32 Å². The van der Waals surface area contributed by atoms with Gasteiger partial charge in [0, 0.05) is 17.8 Å². The SMILES string of the molecule is CC(C)CCCCCCNC(=O)c1ccc(NN)cc1. The van der Waals surface area contributed by atoms with Gasteiger partial charge in [-0.05, 0) is 36.6 Å². The Hall–Kier alpha value is -1.55. The van der Waals surface area contributed by atoms with Gasteiger partial charge >= 0.3 is 0 Å². The molecule has 0 saturated carbocycles. The van der Waals surface area contributed by atoms with E-state index in [4.69, 9.17) is 5.84 Å². The summed E-state index contributed by atoms with van der Waals surface area (Å²) in [5.74, 6) is 6.06. The second kappa shape index (κ2) is 9.37. The van der Waals surface area contributed by atoms with Crippen LogP contribution in [-0.2, 0) is 0 Å². The van der Waals surface area contributed by atoms with Crippen molar-refractivity contribution in [2.75, 3.05) is 12.0 Å². The molecule has 0 unspecified atom stereocenters. The Kier molecular flexibility index (Phi) is 7.73. The van der Waals surface area contributed by atoms with Gasteiger partial charge in [-0.2, -0.15) is 0 Å². The summed E-state index contributed by atoms with van der Waals surface area (Å²) in [6.45, 7) is 5.26. The maximum atomic E-state index is 11.9. The van der Waals surface area contributed by atoms with Gasteiger partial charge < -0.3 is 10.7 Å². The highest BCUT2D eigenvalue weighted by Gasteiger charge is 2.04. The lowest BCUT2D eigenvalue weighted by Crippen LogP contribution is -2.24. The van der Waals surface area contributed by atoms with Gasteiger partial charge in [-0.25, -0.2) is 0 Å². The van der Waals surface area contributed by atoms with Gasteiger partial charge in [0.1, 0.15) is 0 Å². The average Bonchev–Trinajstić information content (AvgIpc) is 2.45. The third kappa shape index (κ3) is 6.57. The molecule has 0 saturated heterocycles. The molecule has 0 aliphatic heterocycles. The van der Waals surface area contributed by atoms with Crippen molar-refractivity contribution in [2.24, 2.45) is 11.8 Å². The Morgan fingerprint density at radius 2 is 1.75 bits per heavy atom. The van der Waals surface area contributed by atoms with Crippen LogP contribution in [0.5, 0.6) is 0 Å². The lowest BCUT2D eigenvalue weighted by Gasteiger charge is -2.07. The van der Waals surface area contributed by atoms with Gasteiger partial charge in [-0.3, -0.25) is 10.6 Å². The Labute approximate surface area is 122 Å². The fourth-order valence-corrected chi connectivity index (χ4v) is 2.05. The van der Waals surface area contributed by atoms with Crippen LogP contribution < -0.4 is 16.6 Å². The summed E-state index contributed by atoms with van der Waals surface area (Å²) in [4.78, 5) is 11.9.